The summed E-state index contributed by atoms with van der Waals surface area (Å²) in [4.78, 5) is 10.2. The Bertz CT molecular complexity index is 597. The number of carbonyl (C=O) groups is 1. The quantitative estimate of drug-likeness (QED) is 0.843. The summed E-state index contributed by atoms with van der Waals surface area (Å²) in [5.41, 5.74) is 1.66. The van der Waals surface area contributed by atoms with Crippen molar-refractivity contribution >= 4 is 34.8 Å². The normalized spacial score (nSPS) is 10.4. The van der Waals surface area contributed by atoms with Gasteiger partial charge in [0, 0.05) is 5.69 Å². The standard InChI is InChI=1S/C15H13Cl2NO2/c1-10-4-2-3-5-13(10)20-12-8-6-11(7-9-12)18-15(19)14(16)17/h2-9,14H,1H3,(H,18,19). The first-order valence-corrected chi connectivity index (χ1v) is 6.86. The minimum atomic E-state index is -1.09. The Labute approximate surface area is 127 Å². The summed E-state index contributed by atoms with van der Waals surface area (Å²) >= 11 is 10.9. The Balaban J connectivity index is 2.05. The minimum absolute atomic E-state index is 0.457. The lowest BCUT2D eigenvalue weighted by molar-refractivity contribution is -0.114. The summed E-state index contributed by atoms with van der Waals surface area (Å²) in [5.74, 6) is 1.03. The van der Waals surface area contributed by atoms with Crippen molar-refractivity contribution in [2.75, 3.05) is 5.32 Å². The van der Waals surface area contributed by atoms with E-state index < -0.39 is 10.7 Å². The summed E-state index contributed by atoms with van der Waals surface area (Å²) in [7, 11) is 0. The van der Waals surface area contributed by atoms with E-state index in [0.29, 0.717) is 11.4 Å². The van der Waals surface area contributed by atoms with Crippen LogP contribution < -0.4 is 10.1 Å². The van der Waals surface area contributed by atoms with Crippen LogP contribution in [0, 0.1) is 6.92 Å². The van der Waals surface area contributed by atoms with Gasteiger partial charge in [-0.3, -0.25) is 4.79 Å². The van der Waals surface area contributed by atoms with Crippen LogP contribution in [0.15, 0.2) is 48.5 Å². The van der Waals surface area contributed by atoms with Crippen molar-refractivity contribution < 1.29 is 9.53 Å². The molecule has 0 aromatic heterocycles. The number of halogens is 2. The third-order valence-corrected chi connectivity index (χ3v) is 3.04. The fourth-order valence-corrected chi connectivity index (χ4v) is 1.71. The van der Waals surface area contributed by atoms with Gasteiger partial charge >= 0.3 is 0 Å². The van der Waals surface area contributed by atoms with Crippen LogP contribution in [-0.4, -0.2) is 10.7 Å². The molecule has 3 nitrogen and oxygen atoms in total. The zero-order chi connectivity index (χ0) is 14.5. The largest absolute Gasteiger partial charge is 0.457 e. The molecule has 1 amide bonds. The highest BCUT2D eigenvalue weighted by molar-refractivity contribution is 6.54. The molecule has 0 atom stereocenters. The van der Waals surface area contributed by atoms with Crippen molar-refractivity contribution in [3.8, 4) is 11.5 Å². The summed E-state index contributed by atoms with van der Waals surface area (Å²) < 4.78 is 5.75. The number of nitrogens with one attached hydrogen (secondary N) is 1. The van der Waals surface area contributed by atoms with Gasteiger partial charge in [0.2, 0.25) is 0 Å². The van der Waals surface area contributed by atoms with Gasteiger partial charge in [0.05, 0.1) is 0 Å². The van der Waals surface area contributed by atoms with Gasteiger partial charge in [0.25, 0.3) is 5.91 Å². The number of amides is 1. The Morgan fingerprint density at radius 2 is 1.75 bits per heavy atom. The maximum Gasteiger partial charge on any atom is 0.257 e. The third kappa shape index (κ3) is 3.89. The number of para-hydroxylation sites is 1. The van der Waals surface area contributed by atoms with Crippen LogP contribution >= 0.6 is 23.2 Å². The molecule has 0 spiro atoms. The average molecular weight is 310 g/mol. The van der Waals surface area contributed by atoms with Crippen molar-refractivity contribution in [3.63, 3.8) is 0 Å². The SMILES string of the molecule is Cc1ccccc1Oc1ccc(NC(=O)C(Cl)Cl)cc1. The van der Waals surface area contributed by atoms with E-state index in [4.69, 9.17) is 27.9 Å². The minimum Gasteiger partial charge on any atom is -0.457 e. The molecule has 0 heterocycles. The summed E-state index contributed by atoms with van der Waals surface area (Å²) in [5, 5.41) is 2.59. The highest BCUT2D eigenvalue weighted by Crippen LogP contribution is 2.25. The molecule has 104 valence electrons. The first-order valence-electron chi connectivity index (χ1n) is 5.99. The molecule has 2 rings (SSSR count). The Morgan fingerprint density at radius 3 is 2.35 bits per heavy atom. The zero-order valence-corrected chi connectivity index (χ0v) is 12.3. The molecule has 1 N–H and O–H groups in total. The molecule has 0 saturated carbocycles. The second kappa shape index (κ2) is 6.64. The molecular formula is C15H13Cl2NO2. The maximum absolute atomic E-state index is 11.3. The number of benzene rings is 2. The second-order valence-electron chi connectivity index (χ2n) is 4.18. The van der Waals surface area contributed by atoms with Gasteiger partial charge in [-0.1, -0.05) is 41.4 Å². The van der Waals surface area contributed by atoms with Crippen molar-refractivity contribution in [3.05, 3.63) is 54.1 Å². The van der Waals surface area contributed by atoms with E-state index in [9.17, 15) is 4.79 Å². The van der Waals surface area contributed by atoms with Gasteiger partial charge in [0.15, 0.2) is 4.84 Å². The highest BCUT2D eigenvalue weighted by Gasteiger charge is 2.11. The topological polar surface area (TPSA) is 38.3 Å². The predicted octanol–water partition coefficient (Wildman–Crippen LogP) is 4.53. The molecule has 0 radical (unpaired) electrons. The fourth-order valence-electron chi connectivity index (χ4n) is 1.60. The Hall–Kier alpha value is -1.71. The van der Waals surface area contributed by atoms with Gasteiger partial charge in [-0.05, 0) is 42.8 Å². The second-order valence-corrected chi connectivity index (χ2v) is 5.28. The molecule has 0 bridgehead atoms. The number of hydrogen-bond acceptors (Lipinski definition) is 2. The summed E-state index contributed by atoms with van der Waals surface area (Å²) in [6.45, 7) is 1.98. The number of carbonyl (C=O) groups excluding carboxylic acids is 1. The maximum atomic E-state index is 11.3. The molecule has 2 aromatic carbocycles. The molecule has 0 aliphatic rings. The van der Waals surface area contributed by atoms with E-state index in [-0.39, 0.29) is 0 Å². The van der Waals surface area contributed by atoms with Crippen LogP contribution in [0.3, 0.4) is 0 Å². The van der Waals surface area contributed by atoms with Crippen molar-refractivity contribution in [1.82, 2.24) is 0 Å². The monoisotopic (exact) mass is 309 g/mol. The number of alkyl halides is 2. The highest BCUT2D eigenvalue weighted by atomic mass is 35.5. The van der Waals surface area contributed by atoms with Crippen LogP contribution in [0.4, 0.5) is 5.69 Å². The number of rotatable bonds is 4. The van der Waals surface area contributed by atoms with Gasteiger partial charge < -0.3 is 10.1 Å². The van der Waals surface area contributed by atoms with Crippen LogP contribution in [0.5, 0.6) is 11.5 Å². The molecule has 0 fully saturated rings. The van der Waals surface area contributed by atoms with Crippen molar-refractivity contribution in [1.29, 1.82) is 0 Å². The molecule has 0 aliphatic carbocycles. The van der Waals surface area contributed by atoms with E-state index in [0.717, 1.165) is 11.3 Å². The zero-order valence-electron chi connectivity index (χ0n) is 10.8. The molecule has 2 aromatic rings. The van der Waals surface area contributed by atoms with E-state index in [1.54, 1.807) is 24.3 Å². The number of ether oxygens (including phenoxy) is 1. The van der Waals surface area contributed by atoms with Crippen LogP contribution in [0.2, 0.25) is 0 Å². The van der Waals surface area contributed by atoms with E-state index >= 15 is 0 Å². The summed E-state index contributed by atoms with van der Waals surface area (Å²) in [6, 6.07) is 14.7. The average Bonchev–Trinajstić information content (AvgIpc) is 2.43. The van der Waals surface area contributed by atoms with E-state index in [1.807, 2.05) is 31.2 Å². The number of hydrogen-bond donors (Lipinski definition) is 1. The van der Waals surface area contributed by atoms with Crippen LogP contribution in [0.1, 0.15) is 5.56 Å². The Morgan fingerprint density at radius 1 is 1.10 bits per heavy atom. The van der Waals surface area contributed by atoms with Gasteiger partial charge in [0.1, 0.15) is 11.5 Å². The lowest BCUT2D eigenvalue weighted by Crippen LogP contribution is -2.18. The van der Waals surface area contributed by atoms with E-state index in [1.165, 1.54) is 0 Å². The first-order chi connectivity index (χ1) is 9.56. The smallest absolute Gasteiger partial charge is 0.257 e. The number of aryl methyl sites for hydroxylation is 1. The molecule has 0 aliphatic heterocycles. The molecular weight excluding hydrogens is 297 g/mol. The lowest BCUT2D eigenvalue weighted by atomic mass is 10.2. The van der Waals surface area contributed by atoms with Crippen molar-refractivity contribution in [2.24, 2.45) is 0 Å². The van der Waals surface area contributed by atoms with Crippen LogP contribution in [0.25, 0.3) is 0 Å². The van der Waals surface area contributed by atoms with E-state index in [2.05, 4.69) is 5.32 Å². The van der Waals surface area contributed by atoms with Gasteiger partial charge in [-0.2, -0.15) is 0 Å². The number of anilines is 1. The van der Waals surface area contributed by atoms with Gasteiger partial charge in [-0.25, -0.2) is 0 Å². The van der Waals surface area contributed by atoms with Crippen molar-refractivity contribution in [2.45, 2.75) is 11.8 Å². The Kier molecular flexibility index (Phi) is 4.88. The fraction of sp³-hybridized carbons (Fsp3) is 0.133. The molecule has 0 saturated heterocycles. The lowest BCUT2D eigenvalue weighted by Gasteiger charge is -2.10. The first kappa shape index (κ1) is 14.7. The third-order valence-electron chi connectivity index (χ3n) is 2.64. The molecule has 5 heteroatoms. The molecule has 0 unspecified atom stereocenters. The molecule has 20 heavy (non-hydrogen) atoms. The van der Waals surface area contributed by atoms with Gasteiger partial charge in [-0.15, -0.1) is 0 Å². The predicted molar refractivity (Wildman–Crippen MR) is 81.8 cm³/mol. The van der Waals surface area contributed by atoms with Crippen LogP contribution in [-0.2, 0) is 4.79 Å². The summed E-state index contributed by atoms with van der Waals surface area (Å²) in [6.07, 6.45) is 0.